The molecular formula is C13H19NO. The van der Waals surface area contributed by atoms with Gasteiger partial charge in [0.1, 0.15) is 5.78 Å². The summed E-state index contributed by atoms with van der Waals surface area (Å²) in [4.78, 5) is 11.2. The van der Waals surface area contributed by atoms with Crippen LogP contribution in [0, 0.1) is 0 Å². The molecule has 82 valence electrons. The molecule has 0 aliphatic rings. The summed E-state index contributed by atoms with van der Waals surface area (Å²) in [5.41, 5.74) is 7.06. The van der Waals surface area contributed by atoms with Crippen LogP contribution >= 0.6 is 0 Å². The highest BCUT2D eigenvalue weighted by atomic mass is 16.1. The Bertz CT molecular complexity index is 295. The number of carbonyl (C=O) groups excluding carboxylic acids is 1. The second-order valence-electron chi connectivity index (χ2n) is 3.80. The number of rotatable bonds is 6. The number of aryl methyl sites for hydroxylation is 1. The molecule has 1 atom stereocenters. The zero-order valence-electron chi connectivity index (χ0n) is 9.28. The average Bonchev–Trinajstić information content (AvgIpc) is 2.29. The first kappa shape index (κ1) is 11.9. The van der Waals surface area contributed by atoms with E-state index < -0.39 is 0 Å². The predicted octanol–water partition coefficient (Wildman–Crippen LogP) is 2.32. The molecule has 0 saturated carbocycles. The van der Waals surface area contributed by atoms with Gasteiger partial charge in [0.15, 0.2) is 0 Å². The van der Waals surface area contributed by atoms with Crippen molar-refractivity contribution in [2.24, 2.45) is 5.73 Å². The fourth-order valence-electron chi connectivity index (χ4n) is 1.59. The molecule has 0 aliphatic heterocycles. The quantitative estimate of drug-likeness (QED) is 0.774. The van der Waals surface area contributed by atoms with Crippen molar-refractivity contribution >= 4 is 5.78 Å². The summed E-state index contributed by atoms with van der Waals surface area (Å²) in [7, 11) is 0. The monoisotopic (exact) mass is 205 g/mol. The predicted molar refractivity (Wildman–Crippen MR) is 62.7 cm³/mol. The Morgan fingerprint density at radius 2 is 2.00 bits per heavy atom. The van der Waals surface area contributed by atoms with Crippen LogP contribution in [0.2, 0.25) is 0 Å². The number of hydrogen-bond donors (Lipinski definition) is 1. The van der Waals surface area contributed by atoms with Crippen LogP contribution in [-0.2, 0) is 11.2 Å². The smallest absolute Gasteiger partial charge is 0.149 e. The number of carbonyl (C=O) groups is 1. The van der Waals surface area contributed by atoms with E-state index in [0.29, 0.717) is 6.42 Å². The van der Waals surface area contributed by atoms with E-state index in [1.165, 1.54) is 5.56 Å². The van der Waals surface area contributed by atoms with Gasteiger partial charge in [0.05, 0.1) is 6.04 Å². The van der Waals surface area contributed by atoms with Gasteiger partial charge in [-0.05, 0) is 24.8 Å². The van der Waals surface area contributed by atoms with Crippen LogP contribution in [0.1, 0.15) is 31.7 Å². The van der Waals surface area contributed by atoms with E-state index in [9.17, 15) is 4.79 Å². The third kappa shape index (κ3) is 4.26. The zero-order chi connectivity index (χ0) is 11.1. The van der Waals surface area contributed by atoms with Crippen molar-refractivity contribution < 1.29 is 4.79 Å². The Morgan fingerprint density at radius 1 is 1.33 bits per heavy atom. The number of ketones is 1. The van der Waals surface area contributed by atoms with E-state index in [4.69, 9.17) is 5.73 Å². The molecule has 2 nitrogen and oxygen atoms in total. The highest BCUT2D eigenvalue weighted by molar-refractivity contribution is 5.83. The first-order valence-corrected chi connectivity index (χ1v) is 5.56. The standard InChI is InChI=1S/C13H19NO/c1-2-13(15)12(14)10-6-9-11-7-4-3-5-8-11/h3-5,7-8,12H,2,6,9-10,14H2,1H3. The van der Waals surface area contributed by atoms with Gasteiger partial charge in [-0.3, -0.25) is 4.79 Å². The van der Waals surface area contributed by atoms with Gasteiger partial charge in [0.25, 0.3) is 0 Å². The number of hydrogen-bond acceptors (Lipinski definition) is 2. The second-order valence-corrected chi connectivity index (χ2v) is 3.80. The van der Waals surface area contributed by atoms with Gasteiger partial charge < -0.3 is 5.73 Å². The molecule has 0 amide bonds. The molecule has 0 fully saturated rings. The largest absolute Gasteiger partial charge is 0.322 e. The van der Waals surface area contributed by atoms with Gasteiger partial charge in [-0.15, -0.1) is 0 Å². The van der Waals surface area contributed by atoms with Crippen molar-refractivity contribution in [2.75, 3.05) is 0 Å². The zero-order valence-corrected chi connectivity index (χ0v) is 9.28. The molecular weight excluding hydrogens is 186 g/mol. The van der Waals surface area contributed by atoms with Crippen molar-refractivity contribution in [3.63, 3.8) is 0 Å². The van der Waals surface area contributed by atoms with Crippen LogP contribution in [0.15, 0.2) is 30.3 Å². The summed E-state index contributed by atoms with van der Waals surface area (Å²) >= 11 is 0. The Balaban J connectivity index is 2.25. The fourth-order valence-corrected chi connectivity index (χ4v) is 1.59. The molecule has 2 heteroatoms. The molecule has 0 spiro atoms. The fraction of sp³-hybridized carbons (Fsp3) is 0.462. The average molecular weight is 205 g/mol. The number of benzene rings is 1. The topological polar surface area (TPSA) is 43.1 Å². The normalized spacial score (nSPS) is 12.4. The minimum absolute atomic E-state index is 0.170. The third-order valence-corrected chi connectivity index (χ3v) is 2.59. The number of Topliss-reactive ketones (excluding diaryl/α,β-unsaturated/α-hetero) is 1. The molecule has 1 rings (SSSR count). The summed E-state index contributed by atoms with van der Waals surface area (Å²) in [6.07, 6.45) is 3.33. The maximum absolute atomic E-state index is 11.2. The maximum atomic E-state index is 11.2. The molecule has 1 aromatic rings. The van der Waals surface area contributed by atoms with E-state index in [-0.39, 0.29) is 11.8 Å². The first-order valence-electron chi connectivity index (χ1n) is 5.56. The molecule has 1 unspecified atom stereocenters. The third-order valence-electron chi connectivity index (χ3n) is 2.59. The van der Waals surface area contributed by atoms with E-state index in [1.807, 2.05) is 25.1 Å². The summed E-state index contributed by atoms with van der Waals surface area (Å²) in [5.74, 6) is 0.170. The van der Waals surface area contributed by atoms with Gasteiger partial charge in [-0.2, -0.15) is 0 Å². The molecule has 0 saturated heterocycles. The Labute approximate surface area is 91.5 Å². The Morgan fingerprint density at radius 3 is 2.60 bits per heavy atom. The molecule has 2 N–H and O–H groups in total. The molecule has 0 aliphatic carbocycles. The molecule has 0 bridgehead atoms. The van der Waals surface area contributed by atoms with Crippen molar-refractivity contribution in [1.29, 1.82) is 0 Å². The Hall–Kier alpha value is -1.15. The lowest BCUT2D eigenvalue weighted by Gasteiger charge is -2.08. The molecule has 0 aromatic heterocycles. The summed E-state index contributed by atoms with van der Waals surface area (Å²) < 4.78 is 0. The maximum Gasteiger partial charge on any atom is 0.149 e. The van der Waals surface area contributed by atoms with E-state index in [1.54, 1.807) is 0 Å². The second kappa shape index (κ2) is 6.36. The molecule has 1 aromatic carbocycles. The van der Waals surface area contributed by atoms with Crippen molar-refractivity contribution in [3.8, 4) is 0 Å². The van der Waals surface area contributed by atoms with Crippen LogP contribution in [0.3, 0.4) is 0 Å². The van der Waals surface area contributed by atoms with Crippen molar-refractivity contribution in [2.45, 2.75) is 38.6 Å². The minimum Gasteiger partial charge on any atom is -0.322 e. The van der Waals surface area contributed by atoms with Crippen molar-refractivity contribution in [3.05, 3.63) is 35.9 Å². The van der Waals surface area contributed by atoms with E-state index >= 15 is 0 Å². The van der Waals surface area contributed by atoms with Gasteiger partial charge in [-0.25, -0.2) is 0 Å². The molecule has 0 radical (unpaired) electrons. The van der Waals surface area contributed by atoms with Gasteiger partial charge in [-0.1, -0.05) is 37.3 Å². The van der Waals surface area contributed by atoms with E-state index in [0.717, 1.165) is 19.3 Å². The lowest BCUT2D eigenvalue weighted by molar-refractivity contribution is -0.120. The summed E-state index contributed by atoms with van der Waals surface area (Å²) in [5, 5.41) is 0. The summed E-state index contributed by atoms with van der Waals surface area (Å²) in [6, 6.07) is 10.0. The van der Waals surface area contributed by atoms with Gasteiger partial charge in [0, 0.05) is 6.42 Å². The van der Waals surface area contributed by atoms with Gasteiger partial charge >= 0.3 is 0 Å². The SMILES string of the molecule is CCC(=O)C(N)CCCc1ccccc1. The minimum atomic E-state index is -0.265. The summed E-state index contributed by atoms with van der Waals surface area (Å²) in [6.45, 7) is 1.86. The van der Waals surface area contributed by atoms with Crippen LogP contribution in [0.4, 0.5) is 0 Å². The first-order chi connectivity index (χ1) is 7.24. The molecule has 0 heterocycles. The van der Waals surface area contributed by atoms with Crippen LogP contribution < -0.4 is 5.73 Å². The lowest BCUT2D eigenvalue weighted by Crippen LogP contribution is -2.29. The highest BCUT2D eigenvalue weighted by Crippen LogP contribution is 2.06. The van der Waals surface area contributed by atoms with Gasteiger partial charge in [0.2, 0.25) is 0 Å². The van der Waals surface area contributed by atoms with Crippen LogP contribution in [0.5, 0.6) is 0 Å². The van der Waals surface area contributed by atoms with Crippen molar-refractivity contribution in [1.82, 2.24) is 0 Å². The lowest BCUT2D eigenvalue weighted by atomic mass is 10.0. The number of nitrogens with two attached hydrogens (primary N) is 1. The highest BCUT2D eigenvalue weighted by Gasteiger charge is 2.09. The molecule has 15 heavy (non-hydrogen) atoms. The van der Waals surface area contributed by atoms with Crippen LogP contribution in [-0.4, -0.2) is 11.8 Å². The van der Waals surface area contributed by atoms with Crippen LogP contribution in [0.25, 0.3) is 0 Å². The Kier molecular flexibility index (Phi) is 5.05. The van der Waals surface area contributed by atoms with E-state index in [2.05, 4.69) is 12.1 Å².